The standard InChI is InChI=1S/C20H18N2O/c21-13-19(22-20(14-23)16-7-2-1-3-8-16)18-11-10-15-6-4-5-9-17(15)12-18/h1-12,19-20,22-23H,14H2/t19-,20-/m0/s1. The SMILES string of the molecule is N#C[C@H](N[C@@H](CO)c1ccccc1)c1ccc2ccccc2c1. The lowest BCUT2D eigenvalue weighted by molar-refractivity contribution is 0.239. The summed E-state index contributed by atoms with van der Waals surface area (Å²) in [6.07, 6.45) is 0. The highest BCUT2D eigenvalue weighted by Gasteiger charge is 2.17. The van der Waals surface area contributed by atoms with E-state index >= 15 is 0 Å². The molecule has 114 valence electrons. The molecule has 0 saturated heterocycles. The second-order valence-electron chi connectivity index (χ2n) is 5.48. The third-order valence-corrected chi connectivity index (χ3v) is 3.99. The minimum absolute atomic E-state index is 0.0597. The fourth-order valence-corrected chi connectivity index (χ4v) is 2.74. The average Bonchev–Trinajstić information content (AvgIpc) is 2.63. The molecule has 3 nitrogen and oxygen atoms in total. The molecular formula is C20H18N2O. The van der Waals surface area contributed by atoms with Crippen LogP contribution in [0.1, 0.15) is 23.2 Å². The number of nitrogens with zero attached hydrogens (tertiary/aromatic N) is 1. The molecule has 0 saturated carbocycles. The largest absolute Gasteiger partial charge is 0.394 e. The van der Waals surface area contributed by atoms with Gasteiger partial charge in [-0.1, -0.05) is 66.7 Å². The van der Waals surface area contributed by atoms with Crippen LogP contribution in [0.3, 0.4) is 0 Å². The predicted octanol–water partition coefficient (Wildman–Crippen LogP) is 3.73. The van der Waals surface area contributed by atoms with Gasteiger partial charge in [0.25, 0.3) is 0 Å². The van der Waals surface area contributed by atoms with E-state index in [1.807, 2.05) is 66.7 Å². The van der Waals surface area contributed by atoms with E-state index in [0.29, 0.717) is 0 Å². The van der Waals surface area contributed by atoms with Crippen molar-refractivity contribution in [2.45, 2.75) is 12.1 Å². The second-order valence-corrected chi connectivity index (χ2v) is 5.48. The zero-order chi connectivity index (χ0) is 16.1. The minimum Gasteiger partial charge on any atom is -0.394 e. The van der Waals surface area contributed by atoms with Crippen LogP contribution in [0, 0.1) is 11.3 Å². The van der Waals surface area contributed by atoms with Crippen molar-refractivity contribution in [2.75, 3.05) is 6.61 Å². The van der Waals surface area contributed by atoms with Gasteiger partial charge in [0.05, 0.1) is 18.7 Å². The molecule has 0 heterocycles. The maximum Gasteiger partial charge on any atom is 0.121 e. The first kappa shape index (κ1) is 15.2. The summed E-state index contributed by atoms with van der Waals surface area (Å²) < 4.78 is 0. The van der Waals surface area contributed by atoms with Crippen molar-refractivity contribution in [1.82, 2.24) is 5.32 Å². The van der Waals surface area contributed by atoms with E-state index in [0.717, 1.165) is 21.9 Å². The summed E-state index contributed by atoms with van der Waals surface area (Å²) in [5, 5.41) is 24.7. The lowest BCUT2D eigenvalue weighted by Crippen LogP contribution is -2.28. The Kier molecular flexibility index (Phi) is 4.68. The van der Waals surface area contributed by atoms with Crippen molar-refractivity contribution in [3.63, 3.8) is 0 Å². The molecule has 2 N–H and O–H groups in total. The van der Waals surface area contributed by atoms with Crippen LogP contribution in [-0.4, -0.2) is 11.7 Å². The van der Waals surface area contributed by atoms with Crippen LogP contribution in [-0.2, 0) is 0 Å². The first-order valence-corrected chi connectivity index (χ1v) is 7.62. The number of rotatable bonds is 5. The van der Waals surface area contributed by atoms with E-state index < -0.39 is 6.04 Å². The summed E-state index contributed by atoms with van der Waals surface area (Å²) in [6.45, 7) is -0.0597. The van der Waals surface area contributed by atoms with Crippen molar-refractivity contribution < 1.29 is 5.11 Å². The Morgan fingerprint density at radius 1 is 0.870 bits per heavy atom. The van der Waals surface area contributed by atoms with E-state index in [2.05, 4.69) is 17.5 Å². The van der Waals surface area contributed by atoms with Crippen LogP contribution >= 0.6 is 0 Å². The molecule has 0 radical (unpaired) electrons. The molecule has 0 aliphatic rings. The highest BCUT2D eigenvalue weighted by Crippen LogP contribution is 2.23. The normalized spacial score (nSPS) is 13.4. The number of hydrogen-bond acceptors (Lipinski definition) is 3. The quantitative estimate of drug-likeness (QED) is 0.755. The van der Waals surface area contributed by atoms with Crippen LogP contribution in [0.4, 0.5) is 0 Å². The second kappa shape index (κ2) is 7.06. The number of aliphatic hydroxyl groups is 1. The number of aliphatic hydroxyl groups excluding tert-OH is 1. The average molecular weight is 302 g/mol. The van der Waals surface area contributed by atoms with E-state index in [4.69, 9.17) is 0 Å². The summed E-state index contributed by atoms with van der Waals surface area (Å²) in [7, 11) is 0. The van der Waals surface area contributed by atoms with Crippen LogP contribution in [0.25, 0.3) is 10.8 Å². The molecule has 0 spiro atoms. The Morgan fingerprint density at radius 2 is 1.57 bits per heavy atom. The van der Waals surface area contributed by atoms with E-state index in [1.54, 1.807) is 0 Å². The van der Waals surface area contributed by atoms with Crippen LogP contribution in [0.15, 0.2) is 72.8 Å². The van der Waals surface area contributed by atoms with Gasteiger partial charge < -0.3 is 5.11 Å². The molecular weight excluding hydrogens is 284 g/mol. The maximum absolute atomic E-state index is 9.67. The molecule has 3 aromatic rings. The van der Waals surface area contributed by atoms with E-state index in [9.17, 15) is 10.4 Å². The van der Waals surface area contributed by atoms with Gasteiger partial charge in [0.15, 0.2) is 0 Å². The Labute approximate surface area is 135 Å². The molecule has 0 unspecified atom stereocenters. The van der Waals surface area contributed by atoms with Gasteiger partial charge in [0.1, 0.15) is 6.04 Å². The first-order chi connectivity index (χ1) is 11.3. The molecule has 0 aliphatic carbocycles. The highest BCUT2D eigenvalue weighted by atomic mass is 16.3. The summed E-state index contributed by atoms with van der Waals surface area (Å²) in [5.41, 5.74) is 1.87. The Bertz CT molecular complexity index is 824. The fourth-order valence-electron chi connectivity index (χ4n) is 2.74. The third kappa shape index (κ3) is 3.40. The monoisotopic (exact) mass is 302 g/mol. The smallest absolute Gasteiger partial charge is 0.121 e. The Hall–Kier alpha value is -2.67. The molecule has 3 aromatic carbocycles. The van der Waals surface area contributed by atoms with Gasteiger partial charge in [0.2, 0.25) is 0 Å². The molecule has 0 bridgehead atoms. The number of nitriles is 1. The molecule has 0 aromatic heterocycles. The first-order valence-electron chi connectivity index (χ1n) is 7.62. The van der Waals surface area contributed by atoms with Crippen molar-refractivity contribution in [2.24, 2.45) is 0 Å². The van der Waals surface area contributed by atoms with Crippen LogP contribution < -0.4 is 5.32 Å². The van der Waals surface area contributed by atoms with E-state index in [1.165, 1.54) is 0 Å². The van der Waals surface area contributed by atoms with Gasteiger partial charge in [-0.15, -0.1) is 0 Å². The number of nitrogens with one attached hydrogen (secondary N) is 1. The number of hydrogen-bond donors (Lipinski definition) is 2. The lowest BCUT2D eigenvalue weighted by Gasteiger charge is -2.21. The van der Waals surface area contributed by atoms with Gasteiger partial charge in [-0.2, -0.15) is 5.26 Å². The van der Waals surface area contributed by atoms with Crippen molar-refractivity contribution >= 4 is 10.8 Å². The van der Waals surface area contributed by atoms with Crippen LogP contribution in [0.2, 0.25) is 0 Å². The predicted molar refractivity (Wildman–Crippen MR) is 91.7 cm³/mol. The van der Waals surface area contributed by atoms with Crippen molar-refractivity contribution in [3.05, 3.63) is 83.9 Å². The summed E-state index contributed by atoms with van der Waals surface area (Å²) in [4.78, 5) is 0. The topological polar surface area (TPSA) is 56.0 Å². The highest BCUT2D eigenvalue weighted by molar-refractivity contribution is 5.83. The molecule has 3 rings (SSSR count). The Morgan fingerprint density at radius 3 is 2.26 bits per heavy atom. The van der Waals surface area contributed by atoms with Gasteiger partial charge in [-0.3, -0.25) is 5.32 Å². The molecule has 3 heteroatoms. The Balaban J connectivity index is 1.87. The summed E-state index contributed by atoms with van der Waals surface area (Å²) >= 11 is 0. The molecule has 23 heavy (non-hydrogen) atoms. The van der Waals surface area contributed by atoms with Crippen LogP contribution in [0.5, 0.6) is 0 Å². The molecule has 0 fully saturated rings. The van der Waals surface area contributed by atoms with E-state index in [-0.39, 0.29) is 12.6 Å². The molecule has 2 atom stereocenters. The van der Waals surface area contributed by atoms with Crippen molar-refractivity contribution in [1.29, 1.82) is 5.26 Å². The third-order valence-electron chi connectivity index (χ3n) is 3.99. The zero-order valence-electron chi connectivity index (χ0n) is 12.7. The molecule has 0 aliphatic heterocycles. The zero-order valence-corrected chi connectivity index (χ0v) is 12.7. The van der Waals surface area contributed by atoms with Gasteiger partial charge >= 0.3 is 0 Å². The maximum atomic E-state index is 9.67. The van der Waals surface area contributed by atoms with Gasteiger partial charge in [-0.05, 0) is 28.0 Å². The molecule has 0 amide bonds. The van der Waals surface area contributed by atoms with Gasteiger partial charge in [-0.25, -0.2) is 0 Å². The van der Waals surface area contributed by atoms with Crippen molar-refractivity contribution in [3.8, 4) is 6.07 Å². The summed E-state index contributed by atoms with van der Waals surface area (Å²) in [6, 6.07) is 25.3. The van der Waals surface area contributed by atoms with Gasteiger partial charge in [0, 0.05) is 0 Å². The summed E-state index contributed by atoms with van der Waals surface area (Å²) in [5.74, 6) is 0. The lowest BCUT2D eigenvalue weighted by atomic mass is 10.0. The minimum atomic E-state index is -0.475. The number of benzene rings is 3. The fraction of sp³-hybridized carbons (Fsp3) is 0.150. The number of fused-ring (bicyclic) bond motifs is 1.